The monoisotopic (exact) mass is 653 g/mol. The van der Waals surface area contributed by atoms with Crippen molar-refractivity contribution in [2.75, 3.05) is 0 Å². The van der Waals surface area contributed by atoms with Gasteiger partial charge in [-0.25, -0.2) is 4.98 Å². The van der Waals surface area contributed by atoms with Crippen LogP contribution in [0.5, 0.6) is 0 Å². The second-order valence-corrected chi connectivity index (χ2v) is 12.8. The number of furan rings is 1. The summed E-state index contributed by atoms with van der Waals surface area (Å²) in [5.74, 6) is 1.79. The van der Waals surface area contributed by atoms with E-state index in [0.717, 1.165) is 82.4 Å². The van der Waals surface area contributed by atoms with E-state index in [4.69, 9.17) is 19.4 Å². The lowest BCUT2D eigenvalue weighted by atomic mass is 10.1. The van der Waals surface area contributed by atoms with Crippen molar-refractivity contribution in [3.05, 3.63) is 164 Å². The maximum absolute atomic E-state index is 7.10. The molecule has 4 aromatic heterocycles. The Kier molecular flexibility index (Phi) is 5.86. The van der Waals surface area contributed by atoms with Crippen LogP contribution in [0.2, 0.25) is 0 Å². The molecule has 51 heavy (non-hydrogen) atoms. The van der Waals surface area contributed by atoms with Crippen molar-refractivity contribution < 1.29 is 4.42 Å². The second-order valence-electron chi connectivity index (χ2n) is 12.8. The van der Waals surface area contributed by atoms with Crippen LogP contribution < -0.4 is 0 Å². The van der Waals surface area contributed by atoms with Gasteiger partial charge in [-0.1, -0.05) is 115 Å². The largest absolute Gasteiger partial charge is 0.455 e. The molecule has 7 aromatic carbocycles. The fourth-order valence-electron chi connectivity index (χ4n) is 7.76. The zero-order valence-corrected chi connectivity index (χ0v) is 27.2. The maximum Gasteiger partial charge on any atom is 0.238 e. The first kappa shape index (κ1) is 27.9. The summed E-state index contributed by atoms with van der Waals surface area (Å²) in [6, 6.07) is 56.5. The van der Waals surface area contributed by atoms with Crippen molar-refractivity contribution in [3.63, 3.8) is 0 Å². The first-order valence-electron chi connectivity index (χ1n) is 17.0. The molecule has 11 rings (SSSR count). The molecule has 0 amide bonds. The van der Waals surface area contributed by atoms with Gasteiger partial charge in [-0.2, -0.15) is 9.97 Å². The van der Waals surface area contributed by atoms with E-state index in [2.05, 4.69) is 112 Å². The van der Waals surface area contributed by atoms with Crippen LogP contribution >= 0.6 is 0 Å². The van der Waals surface area contributed by atoms with Crippen LogP contribution in [0, 0.1) is 0 Å². The lowest BCUT2D eigenvalue weighted by molar-refractivity contribution is 0.677. The van der Waals surface area contributed by atoms with Gasteiger partial charge >= 0.3 is 0 Å². The molecule has 0 N–H and O–H groups in total. The summed E-state index contributed by atoms with van der Waals surface area (Å²) >= 11 is 0. The van der Waals surface area contributed by atoms with Gasteiger partial charge in [0.25, 0.3) is 0 Å². The number of hydrogen-bond donors (Lipinski definition) is 0. The highest BCUT2D eigenvalue weighted by Gasteiger charge is 2.23. The van der Waals surface area contributed by atoms with E-state index in [1.165, 1.54) is 0 Å². The van der Waals surface area contributed by atoms with Gasteiger partial charge in [0.1, 0.15) is 11.2 Å². The zero-order valence-electron chi connectivity index (χ0n) is 27.2. The number of aromatic nitrogens is 5. The Labute approximate surface area is 291 Å². The number of nitrogens with zero attached hydrogens (tertiary/aromatic N) is 5. The molecule has 0 aliphatic carbocycles. The summed E-state index contributed by atoms with van der Waals surface area (Å²) in [7, 11) is 0. The lowest BCUT2D eigenvalue weighted by Gasteiger charge is -2.10. The SMILES string of the molecule is c1ccc(-c2nc(-c3ccccc3)nc(-n3c4ccccc4c4c5oc6c(ccc7c6c6ccccc6n7-c6ccccc6)c5ccc43)n2)cc1. The Morgan fingerprint density at radius 3 is 1.35 bits per heavy atom. The van der Waals surface area contributed by atoms with E-state index in [1.807, 2.05) is 60.7 Å². The molecule has 0 atom stereocenters. The molecular formula is C45H27N5O. The number of para-hydroxylation sites is 3. The number of rotatable bonds is 4. The Bertz CT molecular complexity index is 3060. The van der Waals surface area contributed by atoms with Gasteiger partial charge in [0.2, 0.25) is 5.95 Å². The molecule has 6 nitrogen and oxygen atoms in total. The van der Waals surface area contributed by atoms with Crippen LogP contribution in [0.3, 0.4) is 0 Å². The molecule has 0 saturated carbocycles. The molecule has 0 unspecified atom stereocenters. The number of benzene rings is 7. The van der Waals surface area contributed by atoms with E-state index in [0.29, 0.717) is 17.6 Å². The average molecular weight is 654 g/mol. The van der Waals surface area contributed by atoms with Crippen molar-refractivity contribution in [2.45, 2.75) is 0 Å². The van der Waals surface area contributed by atoms with Gasteiger partial charge < -0.3 is 8.98 Å². The summed E-state index contributed by atoms with van der Waals surface area (Å²) in [5, 5.41) is 6.53. The summed E-state index contributed by atoms with van der Waals surface area (Å²) in [6.07, 6.45) is 0. The molecule has 0 fully saturated rings. The average Bonchev–Trinajstić information content (AvgIpc) is 3.86. The molecular weight excluding hydrogens is 627 g/mol. The Morgan fingerprint density at radius 1 is 0.353 bits per heavy atom. The zero-order chi connectivity index (χ0) is 33.5. The third kappa shape index (κ3) is 4.07. The van der Waals surface area contributed by atoms with Gasteiger partial charge in [-0.3, -0.25) is 4.57 Å². The molecule has 0 bridgehead atoms. The first-order valence-corrected chi connectivity index (χ1v) is 17.0. The van der Waals surface area contributed by atoms with E-state index in [-0.39, 0.29) is 0 Å². The van der Waals surface area contributed by atoms with Crippen LogP contribution in [0.1, 0.15) is 0 Å². The number of hydrogen-bond acceptors (Lipinski definition) is 4. The third-order valence-electron chi connectivity index (χ3n) is 9.98. The van der Waals surface area contributed by atoms with Crippen LogP contribution in [0.15, 0.2) is 168 Å². The van der Waals surface area contributed by atoms with Crippen molar-refractivity contribution in [3.8, 4) is 34.4 Å². The van der Waals surface area contributed by atoms with Crippen molar-refractivity contribution >= 4 is 65.6 Å². The van der Waals surface area contributed by atoms with Crippen LogP contribution in [-0.4, -0.2) is 24.1 Å². The topological polar surface area (TPSA) is 61.7 Å². The minimum Gasteiger partial charge on any atom is -0.455 e. The van der Waals surface area contributed by atoms with Gasteiger partial charge in [-0.15, -0.1) is 0 Å². The summed E-state index contributed by atoms with van der Waals surface area (Å²) in [5.41, 5.74) is 8.93. The first-order chi connectivity index (χ1) is 25.3. The maximum atomic E-state index is 7.10. The highest BCUT2D eigenvalue weighted by Crippen LogP contribution is 2.44. The standard InChI is InChI=1S/C45H27N5O/c1-4-14-28(15-5-1)43-46-44(29-16-6-2-7-17-29)48-45(47-43)50-36-23-13-11-21-34(36)40-38(50)27-25-32-31-24-26-37-39(41(31)51-42(32)40)33-20-10-12-22-35(33)49(37)30-18-8-3-9-19-30/h1-27H. The minimum absolute atomic E-state index is 0.553. The Morgan fingerprint density at radius 2 is 0.804 bits per heavy atom. The van der Waals surface area contributed by atoms with Gasteiger partial charge in [-0.05, 0) is 48.5 Å². The van der Waals surface area contributed by atoms with Gasteiger partial charge in [0, 0.05) is 38.4 Å². The summed E-state index contributed by atoms with van der Waals surface area (Å²) in [4.78, 5) is 15.2. The van der Waals surface area contributed by atoms with E-state index >= 15 is 0 Å². The second kappa shape index (κ2) is 10.7. The van der Waals surface area contributed by atoms with E-state index in [1.54, 1.807) is 0 Å². The normalized spacial score (nSPS) is 11.9. The molecule has 0 saturated heterocycles. The smallest absolute Gasteiger partial charge is 0.238 e. The van der Waals surface area contributed by atoms with Gasteiger partial charge in [0.15, 0.2) is 11.6 Å². The molecule has 238 valence electrons. The van der Waals surface area contributed by atoms with E-state index in [9.17, 15) is 0 Å². The molecule has 11 aromatic rings. The highest BCUT2D eigenvalue weighted by atomic mass is 16.3. The van der Waals surface area contributed by atoms with Crippen LogP contribution in [0.4, 0.5) is 0 Å². The fourth-order valence-corrected chi connectivity index (χ4v) is 7.76. The van der Waals surface area contributed by atoms with Crippen molar-refractivity contribution in [1.29, 1.82) is 0 Å². The quantitative estimate of drug-likeness (QED) is 0.190. The predicted octanol–water partition coefficient (Wildman–Crippen LogP) is 11.3. The summed E-state index contributed by atoms with van der Waals surface area (Å²) < 4.78 is 11.6. The number of fused-ring (bicyclic) bond motifs is 11. The molecule has 4 heterocycles. The summed E-state index contributed by atoms with van der Waals surface area (Å²) in [6.45, 7) is 0. The predicted molar refractivity (Wildman–Crippen MR) is 207 cm³/mol. The minimum atomic E-state index is 0.553. The van der Waals surface area contributed by atoms with Crippen molar-refractivity contribution in [2.24, 2.45) is 0 Å². The van der Waals surface area contributed by atoms with Crippen LogP contribution in [0.25, 0.3) is 100.0 Å². The molecule has 0 aliphatic heterocycles. The Hall–Kier alpha value is -7.05. The fraction of sp³-hybridized carbons (Fsp3) is 0. The van der Waals surface area contributed by atoms with E-state index < -0.39 is 0 Å². The lowest BCUT2D eigenvalue weighted by Crippen LogP contribution is -2.06. The third-order valence-corrected chi connectivity index (χ3v) is 9.98. The molecule has 6 heteroatoms. The molecule has 0 radical (unpaired) electrons. The highest BCUT2D eigenvalue weighted by molar-refractivity contribution is 6.28. The molecule has 0 aliphatic rings. The molecule has 0 spiro atoms. The van der Waals surface area contributed by atoms with Crippen LogP contribution in [-0.2, 0) is 0 Å². The van der Waals surface area contributed by atoms with Crippen molar-refractivity contribution in [1.82, 2.24) is 24.1 Å². The van der Waals surface area contributed by atoms with Gasteiger partial charge in [0.05, 0.1) is 32.8 Å². The Balaban J connectivity index is 1.23.